The first-order valence-corrected chi connectivity index (χ1v) is 9.99. The van der Waals surface area contributed by atoms with E-state index in [0.717, 1.165) is 5.56 Å². The largest absolute Gasteiger partial charge is 0.462 e. The standard InChI is InChI=1S/C17H21BrN2O4S/c1-6-24-17(21)15-11(3)20(5)12(4)16(15)25(22,23)19-14-8-7-10(2)9-13(14)18/h7-9,19H,6H2,1-5H3. The number of benzene rings is 1. The summed E-state index contributed by atoms with van der Waals surface area (Å²) in [4.78, 5) is 12.3. The van der Waals surface area contributed by atoms with Gasteiger partial charge in [0.2, 0.25) is 0 Å². The van der Waals surface area contributed by atoms with Gasteiger partial charge >= 0.3 is 5.97 Å². The van der Waals surface area contributed by atoms with Gasteiger partial charge in [-0.2, -0.15) is 0 Å². The van der Waals surface area contributed by atoms with E-state index < -0.39 is 16.0 Å². The van der Waals surface area contributed by atoms with Crippen LogP contribution in [-0.4, -0.2) is 25.6 Å². The highest BCUT2D eigenvalue weighted by molar-refractivity contribution is 9.10. The van der Waals surface area contributed by atoms with Crippen LogP contribution in [0.25, 0.3) is 0 Å². The molecular formula is C17H21BrN2O4S. The molecule has 1 aromatic carbocycles. The van der Waals surface area contributed by atoms with Crippen molar-refractivity contribution in [3.05, 3.63) is 45.2 Å². The number of anilines is 1. The van der Waals surface area contributed by atoms with Crippen LogP contribution >= 0.6 is 15.9 Å². The maximum absolute atomic E-state index is 13.0. The summed E-state index contributed by atoms with van der Waals surface area (Å²) >= 11 is 3.36. The first-order chi connectivity index (χ1) is 11.6. The molecule has 0 unspecified atom stereocenters. The Kier molecular flexibility index (Phi) is 5.63. The zero-order valence-corrected chi connectivity index (χ0v) is 17.2. The highest BCUT2D eigenvalue weighted by atomic mass is 79.9. The van der Waals surface area contributed by atoms with Crippen molar-refractivity contribution in [2.75, 3.05) is 11.3 Å². The number of hydrogen-bond donors (Lipinski definition) is 1. The summed E-state index contributed by atoms with van der Waals surface area (Å²) in [5.74, 6) is -0.646. The first kappa shape index (κ1) is 19.5. The maximum Gasteiger partial charge on any atom is 0.341 e. The summed E-state index contributed by atoms with van der Waals surface area (Å²) in [5, 5.41) is 0. The molecule has 2 aromatic rings. The SMILES string of the molecule is CCOC(=O)c1c(S(=O)(=O)Nc2ccc(C)cc2Br)c(C)n(C)c1C. The number of aromatic nitrogens is 1. The lowest BCUT2D eigenvalue weighted by atomic mass is 10.2. The minimum absolute atomic E-state index is 0.0570. The van der Waals surface area contributed by atoms with Crippen LogP contribution in [0, 0.1) is 20.8 Å². The van der Waals surface area contributed by atoms with Crippen LogP contribution in [0.1, 0.15) is 34.2 Å². The lowest BCUT2D eigenvalue weighted by Crippen LogP contribution is -2.18. The summed E-state index contributed by atoms with van der Waals surface area (Å²) < 4.78 is 35.9. The monoisotopic (exact) mass is 428 g/mol. The number of rotatable bonds is 5. The van der Waals surface area contributed by atoms with Gasteiger partial charge in [0.15, 0.2) is 0 Å². The van der Waals surface area contributed by atoms with Crippen molar-refractivity contribution >= 4 is 37.6 Å². The van der Waals surface area contributed by atoms with Gasteiger partial charge in [0.25, 0.3) is 10.0 Å². The summed E-state index contributed by atoms with van der Waals surface area (Å²) in [6.45, 7) is 7.11. The van der Waals surface area contributed by atoms with E-state index in [1.165, 1.54) is 0 Å². The van der Waals surface area contributed by atoms with Crippen LogP contribution in [-0.2, 0) is 21.8 Å². The zero-order valence-electron chi connectivity index (χ0n) is 14.8. The fraction of sp³-hybridized carbons (Fsp3) is 0.353. The number of halogens is 1. The molecule has 0 aliphatic rings. The van der Waals surface area contributed by atoms with Gasteiger partial charge in [-0.3, -0.25) is 4.72 Å². The summed E-state index contributed by atoms with van der Waals surface area (Å²) in [6, 6.07) is 5.29. The number of aryl methyl sites for hydroxylation is 1. The Hall–Kier alpha value is -1.80. The summed E-state index contributed by atoms with van der Waals surface area (Å²) in [6.07, 6.45) is 0. The predicted molar refractivity (Wildman–Crippen MR) is 101 cm³/mol. The number of carbonyl (C=O) groups is 1. The number of nitrogens with zero attached hydrogens (tertiary/aromatic N) is 1. The Labute approximate surface area is 156 Å². The Bertz CT molecular complexity index is 933. The molecule has 0 bridgehead atoms. The Balaban J connectivity index is 2.59. The molecule has 0 saturated heterocycles. The molecule has 0 amide bonds. The number of hydrogen-bond acceptors (Lipinski definition) is 4. The molecule has 0 aliphatic heterocycles. The van der Waals surface area contributed by atoms with Crippen molar-refractivity contribution in [3.63, 3.8) is 0 Å². The normalized spacial score (nSPS) is 11.4. The third-order valence-electron chi connectivity index (χ3n) is 4.04. The van der Waals surface area contributed by atoms with Crippen molar-refractivity contribution in [2.24, 2.45) is 7.05 Å². The van der Waals surface area contributed by atoms with Gasteiger partial charge in [0.1, 0.15) is 10.5 Å². The molecule has 0 atom stereocenters. The fourth-order valence-electron chi connectivity index (χ4n) is 2.59. The molecule has 0 fully saturated rings. The van der Waals surface area contributed by atoms with Crippen LogP contribution in [0.4, 0.5) is 5.69 Å². The predicted octanol–water partition coefficient (Wildman–Crippen LogP) is 3.69. The highest BCUT2D eigenvalue weighted by Gasteiger charge is 2.31. The first-order valence-electron chi connectivity index (χ1n) is 7.72. The van der Waals surface area contributed by atoms with E-state index in [4.69, 9.17) is 4.74 Å². The molecule has 0 aliphatic carbocycles. The quantitative estimate of drug-likeness (QED) is 0.736. The fourth-order valence-corrected chi connectivity index (χ4v) is 4.91. The molecular weight excluding hydrogens is 408 g/mol. The van der Waals surface area contributed by atoms with Crippen molar-refractivity contribution < 1.29 is 17.9 Å². The molecule has 25 heavy (non-hydrogen) atoms. The van der Waals surface area contributed by atoms with Crippen LogP contribution in [0.5, 0.6) is 0 Å². The minimum Gasteiger partial charge on any atom is -0.462 e. The molecule has 136 valence electrons. The Morgan fingerprint density at radius 3 is 2.44 bits per heavy atom. The third kappa shape index (κ3) is 3.74. The molecule has 8 heteroatoms. The third-order valence-corrected chi connectivity index (χ3v) is 6.22. The molecule has 1 heterocycles. The Morgan fingerprint density at radius 2 is 1.88 bits per heavy atom. The van der Waals surface area contributed by atoms with E-state index in [1.807, 2.05) is 13.0 Å². The van der Waals surface area contributed by atoms with Crippen molar-refractivity contribution in [3.8, 4) is 0 Å². The summed E-state index contributed by atoms with van der Waals surface area (Å²) in [7, 11) is -2.26. The maximum atomic E-state index is 13.0. The van der Waals surface area contributed by atoms with E-state index in [9.17, 15) is 13.2 Å². The van der Waals surface area contributed by atoms with Gasteiger partial charge < -0.3 is 9.30 Å². The average Bonchev–Trinajstić information content (AvgIpc) is 2.75. The van der Waals surface area contributed by atoms with Gasteiger partial charge in [-0.05, 0) is 61.3 Å². The van der Waals surface area contributed by atoms with E-state index in [0.29, 0.717) is 21.5 Å². The highest BCUT2D eigenvalue weighted by Crippen LogP contribution is 2.31. The second kappa shape index (κ2) is 7.21. The lowest BCUT2D eigenvalue weighted by molar-refractivity contribution is 0.0521. The van der Waals surface area contributed by atoms with Gasteiger partial charge in [-0.15, -0.1) is 0 Å². The van der Waals surface area contributed by atoms with Crippen LogP contribution < -0.4 is 4.72 Å². The second-order valence-electron chi connectivity index (χ2n) is 5.74. The average molecular weight is 429 g/mol. The van der Waals surface area contributed by atoms with Gasteiger partial charge in [0, 0.05) is 22.9 Å². The van der Waals surface area contributed by atoms with Crippen molar-refractivity contribution in [1.82, 2.24) is 4.57 Å². The van der Waals surface area contributed by atoms with Gasteiger partial charge in [-0.1, -0.05) is 6.07 Å². The van der Waals surface area contributed by atoms with Crippen LogP contribution in [0.15, 0.2) is 27.6 Å². The topological polar surface area (TPSA) is 77.4 Å². The molecule has 0 saturated carbocycles. The number of nitrogens with one attached hydrogen (secondary N) is 1. The van der Waals surface area contributed by atoms with E-state index in [1.54, 1.807) is 44.5 Å². The van der Waals surface area contributed by atoms with Crippen molar-refractivity contribution in [1.29, 1.82) is 0 Å². The van der Waals surface area contributed by atoms with Crippen LogP contribution in [0.3, 0.4) is 0 Å². The summed E-state index contributed by atoms with van der Waals surface area (Å²) in [5.41, 5.74) is 2.48. The van der Waals surface area contributed by atoms with E-state index in [-0.39, 0.29) is 17.1 Å². The molecule has 6 nitrogen and oxygen atoms in total. The molecule has 2 rings (SSSR count). The lowest BCUT2D eigenvalue weighted by Gasteiger charge is -2.12. The van der Waals surface area contributed by atoms with Gasteiger partial charge in [-0.25, -0.2) is 13.2 Å². The Morgan fingerprint density at radius 1 is 1.24 bits per heavy atom. The number of esters is 1. The number of ether oxygens (including phenoxy) is 1. The van der Waals surface area contributed by atoms with E-state index >= 15 is 0 Å². The smallest absolute Gasteiger partial charge is 0.341 e. The van der Waals surface area contributed by atoms with Crippen molar-refractivity contribution in [2.45, 2.75) is 32.6 Å². The molecule has 1 aromatic heterocycles. The number of carbonyl (C=O) groups excluding carboxylic acids is 1. The number of sulfonamides is 1. The second-order valence-corrected chi connectivity index (χ2v) is 8.22. The molecule has 1 N–H and O–H groups in total. The van der Waals surface area contributed by atoms with E-state index in [2.05, 4.69) is 20.7 Å². The molecule has 0 radical (unpaired) electrons. The zero-order chi connectivity index (χ0) is 18.9. The van der Waals surface area contributed by atoms with Gasteiger partial charge in [0.05, 0.1) is 12.3 Å². The van der Waals surface area contributed by atoms with Crippen LogP contribution in [0.2, 0.25) is 0 Å². The molecule has 0 spiro atoms. The minimum atomic E-state index is -3.98.